The van der Waals surface area contributed by atoms with Crippen molar-refractivity contribution >= 4 is 22.5 Å². The van der Waals surface area contributed by atoms with Gasteiger partial charge in [-0.25, -0.2) is 15.0 Å². The zero-order valence-corrected chi connectivity index (χ0v) is 18.5. The number of hydrogen-bond acceptors (Lipinski definition) is 6. The molecule has 0 saturated heterocycles. The highest BCUT2D eigenvalue weighted by Crippen LogP contribution is 2.27. The molecule has 168 valence electrons. The Hall–Kier alpha value is -4.73. The maximum Gasteiger partial charge on any atom is 0.280 e. The number of H-pyrrole nitrogens is 1. The van der Waals surface area contributed by atoms with Crippen molar-refractivity contribution < 1.29 is 0 Å². The molecule has 1 unspecified atom stereocenters. The molecule has 6 aromatic rings. The topological polar surface area (TPSA) is 111 Å². The number of nitrogens with one attached hydrogen (secondary N) is 2. The number of anilines is 1. The summed E-state index contributed by atoms with van der Waals surface area (Å²) in [4.78, 5) is 29.8. The van der Waals surface area contributed by atoms with Gasteiger partial charge in [-0.05, 0) is 25.1 Å². The smallest absolute Gasteiger partial charge is 0.280 e. The molecule has 0 saturated carbocycles. The van der Waals surface area contributed by atoms with Crippen LogP contribution in [0.3, 0.4) is 0 Å². The van der Waals surface area contributed by atoms with Crippen LogP contribution in [0.25, 0.3) is 33.5 Å². The van der Waals surface area contributed by atoms with Crippen molar-refractivity contribution in [1.82, 2.24) is 38.7 Å². The lowest BCUT2D eigenvalue weighted by Gasteiger charge is -2.21. The monoisotopic (exact) mass is 451 g/mol. The Morgan fingerprint density at radius 2 is 1.91 bits per heavy atom. The van der Waals surface area contributed by atoms with Crippen LogP contribution in [0.5, 0.6) is 0 Å². The minimum Gasteiger partial charge on any atom is -0.360 e. The van der Waals surface area contributed by atoms with E-state index in [0.717, 1.165) is 22.5 Å². The highest BCUT2D eigenvalue weighted by atomic mass is 16.1. The van der Waals surface area contributed by atoms with Gasteiger partial charge in [0, 0.05) is 42.5 Å². The van der Waals surface area contributed by atoms with Crippen LogP contribution in [0.15, 0.2) is 78.6 Å². The number of benzene rings is 1. The lowest BCUT2D eigenvalue weighted by Crippen LogP contribution is -2.27. The molecule has 0 aliphatic carbocycles. The van der Waals surface area contributed by atoms with Crippen LogP contribution in [-0.2, 0) is 7.05 Å². The number of aromatic nitrogens is 8. The predicted octanol–water partition coefficient (Wildman–Crippen LogP) is 3.33. The summed E-state index contributed by atoms with van der Waals surface area (Å²) in [5.41, 5.74) is 5.06. The fourth-order valence-corrected chi connectivity index (χ4v) is 4.30. The molecule has 0 amide bonds. The summed E-state index contributed by atoms with van der Waals surface area (Å²) in [6.07, 6.45) is 10.6. The molecule has 1 aromatic carbocycles. The van der Waals surface area contributed by atoms with E-state index < -0.39 is 0 Å². The molecule has 5 aromatic heterocycles. The van der Waals surface area contributed by atoms with Gasteiger partial charge in [-0.1, -0.05) is 18.2 Å². The van der Waals surface area contributed by atoms with Gasteiger partial charge in [0.15, 0.2) is 11.5 Å². The lowest BCUT2D eigenvalue weighted by molar-refractivity contribution is 0.754. The number of imidazole rings is 1. The van der Waals surface area contributed by atoms with Gasteiger partial charge >= 0.3 is 0 Å². The Kier molecular flexibility index (Phi) is 4.51. The molecule has 10 heteroatoms. The molecule has 2 N–H and O–H groups in total. The van der Waals surface area contributed by atoms with Crippen LogP contribution in [0, 0.1) is 0 Å². The molecule has 0 fully saturated rings. The third-order valence-electron chi connectivity index (χ3n) is 5.90. The molecule has 0 radical (unpaired) electrons. The van der Waals surface area contributed by atoms with E-state index in [2.05, 4.69) is 30.4 Å². The maximum absolute atomic E-state index is 14.0. The van der Waals surface area contributed by atoms with Gasteiger partial charge in [-0.2, -0.15) is 5.10 Å². The summed E-state index contributed by atoms with van der Waals surface area (Å²) in [5.74, 6) is 0.616. The molecule has 0 bridgehead atoms. The molecular weight excluding hydrogens is 430 g/mol. The molecular formula is C24H21N9O. The number of hydrogen-bond donors (Lipinski definition) is 2. The van der Waals surface area contributed by atoms with E-state index in [0.29, 0.717) is 22.5 Å². The summed E-state index contributed by atoms with van der Waals surface area (Å²) in [5, 5.41) is 7.69. The van der Waals surface area contributed by atoms with Crippen LogP contribution in [-0.4, -0.2) is 38.7 Å². The van der Waals surface area contributed by atoms with E-state index in [1.165, 1.54) is 6.33 Å². The second-order valence-electron chi connectivity index (χ2n) is 8.11. The normalized spacial score (nSPS) is 12.4. The fourth-order valence-electron chi connectivity index (χ4n) is 4.30. The Bertz CT molecular complexity index is 1690. The molecule has 34 heavy (non-hydrogen) atoms. The third-order valence-corrected chi connectivity index (χ3v) is 5.90. The number of para-hydroxylation sites is 1. The first kappa shape index (κ1) is 19.9. The highest BCUT2D eigenvalue weighted by Gasteiger charge is 2.20. The summed E-state index contributed by atoms with van der Waals surface area (Å²) >= 11 is 0. The molecule has 6 rings (SSSR count). The quantitative estimate of drug-likeness (QED) is 0.416. The van der Waals surface area contributed by atoms with Gasteiger partial charge in [0.1, 0.15) is 17.4 Å². The first-order valence-electron chi connectivity index (χ1n) is 10.8. The minimum atomic E-state index is -0.261. The van der Waals surface area contributed by atoms with E-state index in [4.69, 9.17) is 0 Å². The molecule has 0 aliphatic rings. The summed E-state index contributed by atoms with van der Waals surface area (Å²) < 4.78 is 5.36. The van der Waals surface area contributed by atoms with Gasteiger partial charge in [-0.15, -0.1) is 0 Å². The van der Waals surface area contributed by atoms with E-state index in [1.54, 1.807) is 21.8 Å². The van der Waals surface area contributed by atoms with Gasteiger partial charge in [0.2, 0.25) is 0 Å². The van der Waals surface area contributed by atoms with E-state index in [1.807, 2.05) is 73.4 Å². The van der Waals surface area contributed by atoms with Crippen LogP contribution >= 0.6 is 0 Å². The summed E-state index contributed by atoms with van der Waals surface area (Å²) in [7, 11) is 1.86. The van der Waals surface area contributed by atoms with Gasteiger partial charge in [0.25, 0.3) is 5.56 Å². The zero-order chi connectivity index (χ0) is 23.2. The number of rotatable bonds is 5. The van der Waals surface area contributed by atoms with Gasteiger partial charge in [0.05, 0.1) is 24.3 Å². The Morgan fingerprint density at radius 3 is 2.71 bits per heavy atom. The van der Waals surface area contributed by atoms with Crippen LogP contribution < -0.4 is 10.9 Å². The summed E-state index contributed by atoms with van der Waals surface area (Å²) in [6, 6.07) is 11.3. The van der Waals surface area contributed by atoms with Crippen molar-refractivity contribution in [3.8, 4) is 16.8 Å². The Balaban J connectivity index is 1.55. The van der Waals surface area contributed by atoms with Crippen LogP contribution in [0.1, 0.15) is 18.7 Å². The number of aryl methyl sites for hydroxylation is 1. The molecule has 1 atom stereocenters. The van der Waals surface area contributed by atoms with Crippen molar-refractivity contribution in [2.24, 2.45) is 7.05 Å². The first-order chi connectivity index (χ1) is 16.6. The maximum atomic E-state index is 14.0. The lowest BCUT2D eigenvalue weighted by atomic mass is 10.1. The minimum absolute atomic E-state index is 0.115. The third kappa shape index (κ3) is 3.15. The van der Waals surface area contributed by atoms with E-state index >= 15 is 0 Å². The van der Waals surface area contributed by atoms with Gasteiger partial charge < -0.3 is 14.7 Å². The first-order valence-corrected chi connectivity index (χ1v) is 10.8. The van der Waals surface area contributed by atoms with Crippen molar-refractivity contribution in [1.29, 1.82) is 0 Å². The van der Waals surface area contributed by atoms with Crippen molar-refractivity contribution in [3.05, 3.63) is 89.9 Å². The second kappa shape index (κ2) is 7.69. The predicted molar refractivity (Wildman–Crippen MR) is 129 cm³/mol. The van der Waals surface area contributed by atoms with E-state index in [9.17, 15) is 4.79 Å². The zero-order valence-electron chi connectivity index (χ0n) is 18.5. The second-order valence-corrected chi connectivity index (χ2v) is 8.11. The Labute approximate surface area is 193 Å². The standard InChI is InChI=1S/C24H21N9O/c1-15(30-23-20-22(26-13-25-20)27-14-28-23)19-12-32-9-8-18(16-10-29-31(2)11-16)21(32)24(34)33(19)17-6-4-3-5-7-17/h3-15H,1-2H3,(H2,25,26,27,28,30). The van der Waals surface area contributed by atoms with Crippen molar-refractivity contribution in [2.45, 2.75) is 13.0 Å². The Morgan fingerprint density at radius 1 is 1.06 bits per heavy atom. The highest BCUT2D eigenvalue weighted by molar-refractivity contribution is 5.82. The fraction of sp³-hybridized carbons (Fsp3) is 0.125. The number of nitrogens with zero attached hydrogens (tertiary/aromatic N) is 7. The molecule has 0 spiro atoms. The van der Waals surface area contributed by atoms with Crippen LogP contribution in [0.2, 0.25) is 0 Å². The van der Waals surface area contributed by atoms with Crippen molar-refractivity contribution in [3.63, 3.8) is 0 Å². The molecule has 5 heterocycles. The average molecular weight is 451 g/mol. The molecule has 10 nitrogen and oxygen atoms in total. The van der Waals surface area contributed by atoms with Crippen molar-refractivity contribution in [2.75, 3.05) is 5.32 Å². The number of aromatic amines is 1. The number of fused-ring (bicyclic) bond motifs is 2. The average Bonchev–Trinajstić information content (AvgIpc) is 3.59. The SMILES string of the molecule is CC(Nc1ncnc2nc[nH]c12)c1cn2ccc(-c3cnn(C)c3)c2c(=O)n1-c1ccccc1. The molecule has 0 aliphatic heterocycles. The van der Waals surface area contributed by atoms with Gasteiger partial charge in [-0.3, -0.25) is 14.0 Å². The largest absolute Gasteiger partial charge is 0.360 e. The van der Waals surface area contributed by atoms with Crippen LogP contribution in [0.4, 0.5) is 5.82 Å². The summed E-state index contributed by atoms with van der Waals surface area (Å²) in [6.45, 7) is 2.00. The van der Waals surface area contributed by atoms with E-state index in [-0.39, 0.29) is 11.6 Å².